The Morgan fingerprint density at radius 1 is 1.33 bits per heavy atom. The summed E-state index contributed by atoms with van der Waals surface area (Å²) in [6.07, 6.45) is 1.94. The summed E-state index contributed by atoms with van der Waals surface area (Å²) in [7, 11) is 0. The third kappa shape index (κ3) is 4.94. The molecule has 21 heavy (non-hydrogen) atoms. The van der Waals surface area contributed by atoms with Gasteiger partial charge in [-0.1, -0.05) is 6.92 Å². The van der Waals surface area contributed by atoms with E-state index in [1.807, 2.05) is 0 Å². The van der Waals surface area contributed by atoms with Crippen LogP contribution in [0.1, 0.15) is 33.6 Å². The molecule has 0 bridgehead atoms. The molecule has 0 saturated carbocycles. The summed E-state index contributed by atoms with van der Waals surface area (Å²) in [6.45, 7) is 14.1. The predicted octanol–water partition coefficient (Wildman–Crippen LogP) is 0.517. The van der Waals surface area contributed by atoms with Crippen LogP contribution < -0.4 is 10.6 Å². The second-order valence-electron chi connectivity index (χ2n) is 6.64. The molecule has 2 fully saturated rings. The summed E-state index contributed by atoms with van der Waals surface area (Å²) in [4.78, 5) is 17.2. The fourth-order valence-electron chi connectivity index (χ4n) is 3.41. The lowest BCUT2D eigenvalue weighted by Crippen LogP contribution is -2.52. The zero-order valence-corrected chi connectivity index (χ0v) is 13.9. The van der Waals surface area contributed by atoms with Gasteiger partial charge in [-0.05, 0) is 39.8 Å². The molecule has 1 unspecified atom stereocenters. The van der Waals surface area contributed by atoms with Crippen LogP contribution in [0.4, 0.5) is 0 Å². The first-order chi connectivity index (χ1) is 10.1. The molecule has 0 spiro atoms. The first kappa shape index (κ1) is 16.7. The fraction of sp³-hybridized carbons (Fsp3) is 0.938. The topological polar surface area (TPSA) is 47.6 Å². The van der Waals surface area contributed by atoms with Crippen molar-refractivity contribution in [1.29, 1.82) is 0 Å². The SMILES string of the molecule is CCN1CCN(C(C)CNC(=O)[C@H]2CCN[C@@H](C)C2)CC1. The third-order valence-corrected chi connectivity index (χ3v) is 5.04. The van der Waals surface area contributed by atoms with E-state index in [2.05, 4.69) is 41.2 Å². The van der Waals surface area contributed by atoms with Gasteiger partial charge < -0.3 is 15.5 Å². The minimum atomic E-state index is 0.199. The van der Waals surface area contributed by atoms with E-state index in [0.717, 1.165) is 58.7 Å². The van der Waals surface area contributed by atoms with Crippen LogP contribution in [-0.4, -0.2) is 73.6 Å². The number of carbonyl (C=O) groups excluding carboxylic acids is 1. The third-order valence-electron chi connectivity index (χ3n) is 5.04. The van der Waals surface area contributed by atoms with E-state index < -0.39 is 0 Å². The van der Waals surface area contributed by atoms with Crippen LogP contribution in [0.25, 0.3) is 0 Å². The van der Waals surface area contributed by atoms with Crippen LogP contribution in [0.3, 0.4) is 0 Å². The average Bonchev–Trinajstić information content (AvgIpc) is 2.52. The lowest BCUT2D eigenvalue weighted by molar-refractivity contribution is -0.126. The van der Waals surface area contributed by atoms with E-state index in [4.69, 9.17) is 0 Å². The Bertz CT molecular complexity index is 328. The summed E-state index contributed by atoms with van der Waals surface area (Å²) in [6, 6.07) is 0.904. The molecule has 5 heteroatoms. The van der Waals surface area contributed by atoms with E-state index in [9.17, 15) is 4.79 Å². The Kier molecular flexibility index (Phi) is 6.45. The maximum Gasteiger partial charge on any atom is 0.223 e. The van der Waals surface area contributed by atoms with Crippen molar-refractivity contribution in [1.82, 2.24) is 20.4 Å². The van der Waals surface area contributed by atoms with Gasteiger partial charge in [-0.15, -0.1) is 0 Å². The molecule has 2 saturated heterocycles. The van der Waals surface area contributed by atoms with Gasteiger partial charge in [-0.25, -0.2) is 0 Å². The lowest BCUT2D eigenvalue weighted by atomic mass is 9.92. The van der Waals surface area contributed by atoms with Gasteiger partial charge in [0.05, 0.1) is 0 Å². The number of piperidine rings is 1. The number of nitrogens with zero attached hydrogens (tertiary/aromatic N) is 2. The van der Waals surface area contributed by atoms with Crippen LogP contribution in [-0.2, 0) is 4.79 Å². The summed E-state index contributed by atoms with van der Waals surface area (Å²) in [5, 5.41) is 6.57. The number of piperazine rings is 1. The molecule has 2 aliphatic rings. The fourth-order valence-corrected chi connectivity index (χ4v) is 3.41. The highest BCUT2D eigenvalue weighted by molar-refractivity contribution is 5.78. The number of amides is 1. The van der Waals surface area contributed by atoms with Crippen LogP contribution in [0, 0.1) is 5.92 Å². The summed E-state index contributed by atoms with van der Waals surface area (Å²) in [5.74, 6) is 0.452. The number of rotatable bonds is 5. The van der Waals surface area contributed by atoms with Crippen molar-refractivity contribution in [2.45, 2.75) is 45.7 Å². The largest absolute Gasteiger partial charge is 0.354 e. The van der Waals surface area contributed by atoms with Gasteiger partial charge in [0.15, 0.2) is 0 Å². The highest BCUT2D eigenvalue weighted by Gasteiger charge is 2.26. The second-order valence-corrected chi connectivity index (χ2v) is 6.64. The summed E-state index contributed by atoms with van der Waals surface area (Å²) in [5.41, 5.74) is 0. The smallest absolute Gasteiger partial charge is 0.223 e. The quantitative estimate of drug-likeness (QED) is 0.776. The molecule has 0 aromatic carbocycles. The maximum absolute atomic E-state index is 12.3. The highest BCUT2D eigenvalue weighted by Crippen LogP contribution is 2.16. The first-order valence-electron chi connectivity index (χ1n) is 8.57. The van der Waals surface area contributed by atoms with Gasteiger partial charge in [0.25, 0.3) is 0 Å². The van der Waals surface area contributed by atoms with E-state index in [1.165, 1.54) is 0 Å². The zero-order valence-electron chi connectivity index (χ0n) is 13.9. The predicted molar refractivity (Wildman–Crippen MR) is 86.3 cm³/mol. The molecule has 0 radical (unpaired) electrons. The molecule has 3 atom stereocenters. The first-order valence-corrected chi connectivity index (χ1v) is 8.57. The molecule has 5 nitrogen and oxygen atoms in total. The van der Waals surface area contributed by atoms with Crippen LogP contribution in [0.2, 0.25) is 0 Å². The van der Waals surface area contributed by atoms with Gasteiger partial charge in [0, 0.05) is 50.7 Å². The van der Waals surface area contributed by atoms with Crippen molar-refractivity contribution >= 4 is 5.91 Å². The second kappa shape index (κ2) is 8.11. The lowest BCUT2D eigenvalue weighted by Gasteiger charge is -2.38. The van der Waals surface area contributed by atoms with Crippen LogP contribution in [0.15, 0.2) is 0 Å². The summed E-state index contributed by atoms with van der Waals surface area (Å²) < 4.78 is 0. The van der Waals surface area contributed by atoms with Crippen molar-refractivity contribution < 1.29 is 4.79 Å². The zero-order chi connectivity index (χ0) is 15.2. The molecule has 122 valence electrons. The number of hydrogen-bond donors (Lipinski definition) is 2. The summed E-state index contributed by atoms with van der Waals surface area (Å²) >= 11 is 0. The monoisotopic (exact) mass is 296 g/mol. The van der Waals surface area contributed by atoms with Crippen LogP contribution in [0.5, 0.6) is 0 Å². The molecule has 2 rings (SSSR count). The minimum absolute atomic E-state index is 0.199. The van der Waals surface area contributed by atoms with E-state index >= 15 is 0 Å². The van der Waals surface area contributed by atoms with Crippen molar-refractivity contribution in [3.63, 3.8) is 0 Å². The Morgan fingerprint density at radius 3 is 2.67 bits per heavy atom. The van der Waals surface area contributed by atoms with E-state index in [0.29, 0.717) is 12.1 Å². The Labute approximate surface area is 129 Å². The maximum atomic E-state index is 12.3. The highest BCUT2D eigenvalue weighted by atomic mass is 16.1. The van der Waals surface area contributed by atoms with Gasteiger partial charge >= 0.3 is 0 Å². The molecular weight excluding hydrogens is 264 g/mol. The van der Waals surface area contributed by atoms with Gasteiger partial charge in [-0.3, -0.25) is 9.69 Å². The van der Waals surface area contributed by atoms with E-state index in [-0.39, 0.29) is 11.8 Å². The molecule has 0 aromatic heterocycles. The average molecular weight is 296 g/mol. The molecular formula is C16H32N4O. The van der Waals surface area contributed by atoms with Crippen molar-refractivity contribution in [3.05, 3.63) is 0 Å². The van der Waals surface area contributed by atoms with Gasteiger partial charge in [0.1, 0.15) is 0 Å². The molecule has 0 aromatic rings. The number of nitrogens with one attached hydrogen (secondary N) is 2. The van der Waals surface area contributed by atoms with Gasteiger partial charge in [0.2, 0.25) is 5.91 Å². The standard InChI is InChI=1S/C16H32N4O/c1-4-19-7-9-20(10-8-19)14(3)12-18-16(21)15-5-6-17-13(2)11-15/h13-15,17H,4-12H2,1-3H3,(H,18,21)/t13-,14?,15-/m0/s1. The Balaban J connectivity index is 1.68. The Hall–Kier alpha value is -0.650. The van der Waals surface area contributed by atoms with Crippen molar-refractivity contribution in [3.8, 4) is 0 Å². The van der Waals surface area contributed by atoms with Gasteiger partial charge in [-0.2, -0.15) is 0 Å². The number of carbonyl (C=O) groups is 1. The molecule has 2 heterocycles. The van der Waals surface area contributed by atoms with Crippen LogP contribution >= 0.6 is 0 Å². The molecule has 2 N–H and O–H groups in total. The van der Waals surface area contributed by atoms with Crippen molar-refractivity contribution in [2.24, 2.45) is 5.92 Å². The molecule has 1 amide bonds. The Morgan fingerprint density at radius 2 is 2.05 bits per heavy atom. The molecule has 2 aliphatic heterocycles. The molecule has 0 aliphatic carbocycles. The normalized spacial score (nSPS) is 30.0. The van der Waals surface area contributed by atoms with Crippen molar-refractivity contribution in [2.75, 3.05) is 45.8 Å². The number of likely N-dealkylation sites (N-methyl/N-ethyl adjacent to an activating group) is 1. The minimum Gasteiger partial charge on any atom is -0.354 e. The number of hydrogen-bond acceptors (Lipinski definition) is 4. The van der Waals surface area contributed by atoms with E-state index in [1.54, 1.807) is 0 Å².